The number of aliphatic hydroxyl groups excluding tert-OH is 1. The Hall–Kier alpha value is -1.30. The first-order valence-electron chi connectivity index (χ1n) is 9.06. The molecule has 0 bridgehead atoms. The Labute approximate surface area is 154 Å². The van der Waals surface area contributed by atoms with Gasteiger partial charge in [-0.1, -0.05) is 11.6 Å². The highest BCUT2D eigenvalue weighted by Gasteiger charge is 2.35. The van der Waals surface area contributed by atoms with Crippen LogP contribution in [0.2, 0.25) is 5.02 Å². The zero-order valence-corrected chi connectivity index (χ0v) is 15.5. The molecule has 1 aromatic carbocycles. The maximum atomic E-state index is 12.4. The van der Waals surface area contributed by atoms with E-state index in [2.05, 4.69) is 5.32 Å². The van der Waals surface area contributed by atoms with Crippen molar-refractivity contribution in [2.45, 2.75) is 19.8 Å². The number of carbonyl (C=O) groups excluding carboxylic acids is 1. The van der Waals surface area contributed by atoms with Crippen LogP contribution in [0.1, 0.15) is 18.4 Å². The summed E-state index contributed by atoms with van der Waals surface area (Å²) in [6, 6.07) is 5.41. The summed E-state index contributed by atoms with van der Waals surface area (Å²) < 4.78 is 5.67. The Morgan fingerprint density at radius 2 is 2.12 bits per heavy atom. The van der Waals surface area contributed by atoms with Gasteiger partial charge in [0.1, 0.15) is 5.75 Å². The molecular formula is C19H27ClN2O3. The highest BCUT2D eigenvalue weighted by atomic mass is 35.5. The number of benzene rings is 1. The average Bonchev–Trinajstić information content (AvgIpc) is 3.09. The summed E-state index contributed by atoms with van der Waals surface area (Å²) in [5, 5.41) is 13.5. The molecule has 138 valence electrons. The topological polar surface area (TPSA) is 61.8 Å². The van der Waals surface area contributed by atoms with Crippen LogP contribution >= 0.6 is 11.6 Å². The zero-order valence-electron chi connectivity index (χ0n) is 14.7. The number of hydrogen-bond donors (Lipinski definition) is 2. The lowest BCUT2D eigenvalue weighted by Crippen LogP contribution is -2.43. The second kappa shape index (κ2) is 8.39. The van der Waals surface area contributed by atoms with Crippen molar-refractivity contribution in [2.24, 2.45) is 17.8 Å². The number of aryl methyl sites for hydroxylation is 1. The molecule has 0 radical (unpaired) electrons. The first kappa shape index (κ1) is 18.5. The molecule has 0 aromatic heterocycles. The second-order valence-electron chi connectivity index (χ2n) is 7.18. The minimum Gasteiger partial charge on any atom is -0.483 e. The highest BCUT2D eigenvalue weighted by molar-refractivity contribution is 6.30. The highest BCUT2D eigenvalue weighted by Crippen LogP contribution is 2.32. The van der Waals surface area contributed by atoms with Crippen molar-refractivity contribution < 1.29 is 14.6 Å². The smallest absolute Gasteiger partial charge is 0.260 e. The predicted molar refractivity (Wildman–Crippen MR) is 97.9 cm³/mol. The van der Waals surface area contributed by atoms with E-state index in [1.165, 1.54) is 0 Å². The van der Waals surface area contributed by atoms with Gasteiger partial charge in [0.15, 0.2) is 6.61 Å². The van der Waals surface area contributed by atoms with Crippen LogP contribution in [0.3, 0.4) is 0 Å². The number of hydrogen-bond acceptors (Lipinski definition) is 4. The molecule has 0 aliphatic carbocycles. The van der Waals surface area contributed by atoms with Crippen LogP contribution in [0.4, 0.5) is 0 Å². The fraction of sp³-hybridized carbons (Fsp3) is 0.632. The maximum Gasteiger partial charge on any atom is 0.260 e. The Balaban J connectivity index is 1.47. The Morgan fingerprint density at radius 3 is 2.80 bits per heavy atom. The molecule has 0 spiro atoms. The molecule has 6 heteroatoms. The van der Waals surface area contributed by atoms with E-state index in [-0.39, 0.29) is 19.1 Å². The summed E-state index contributed by atoms with van der Waals surface area (Å²) in [5.41, 5.74) is 0.933. The molecule has 2 saturated heterocycles. The summed E-state index contributed by atoms with van der Waals surface area (Å²) in [4.78, 5) is 14.3. The van der Waals surface area contributed by atoms with Crippen molar-refractivity contribution in [3.63, 3.8) is 0 Å². The zero-order chi connectivity index (χ0) is 17.8. The molecule has 2 aliphatic heterocycles. The third-order valence-electron chi connectivity index (χ3n) is 5.61. The number of nitrogens with zero attached hydrogens (tertiary/aromatic N) is 1. The summed E-state index contributed by atoms with van der Waals surface area (Å²) in [6.45, 7) is 5.70. The number of nitrogens with one attached hydrogen (secondary N) is 1. The van der Waals surface area contributed by atoms with Gasteiger partial charge in [0.05, 0.1) is 0 Å². The SMILES string of the molecule is Cc1cc(Cl)ccc1OCC(=O)N1CCC([C@@H]2CNC[C@H]2CO)CC1. The van der Waals surface area contributed by atoms with Crippen LogP contribution in [-0.2, 0) is 4.79 Å². The maximum absolute atomic E-state index is 12.4. The van der Waals surface area contributed by atoms with Crippen LogP contribution < -0.4 is 10.1 Å². The van der Waals surface area contributed by atoms with Crippen molar-refractivity contribution in [3.05, 3.63) is 28.8 Å². The van der Waals surface area contributed by atoms with Gasteiger partial charge in [-0.15, -0.1) is 0 Å². The molecule has 1 aromatic rings. The van der Waals surface area contributed by atoms with E-state index in [1.807, 2.05) is 17.9 Å². The first-order chi connectivity index (χ1) is 12.1. The molecular weight excluding hydrogens is 340 g/mol. The van der Waals surface area contributed by atoms with Crippen molar-refractivity contribution in [3.8, 4) is 5.75 Å². The number of ether oxygens (including phenoxy) is 1. The van der Waals surface area contributed by atoms with E-state index in [0.717, 1.165) is 44.6 Å². The number of aliphatic hydroxyl groups is 1. The van der Waals surface area contributed by atoms with Gasteiger partial charge in [-0.2, -0.15) is 0 Å². The lowest BCUT2D eigenvalue weighted by molar-refractivity contribution is -0.135. The number of amides is 1. The third kappa shape index (κ3) is 4.46. The van der Waals surface area contributed by atoms with Gasteiger partial charge in [-0.25, -0.2) is 0 Å². The first-order valence-corrected chi connectivity index (χ1v) is 9.44. The molecule has 2 atom stereocenters. The van der Waals surface area contributed by atoms with Gasteiger partial charge in [-0.05, 0) is 67.8 Å². The van der Waals surface area contributed by atoms with Crippen LogP contribution in [-0.4, -0.2) is 55.3 Å². The molecule has 25 heavy (non-hydrogen) atoms. The average molecular weight is 367 g/mol. The molecule has 0 unspecified atom stereocenters. The molecule has 2 fully saturated rings. The van der Waals surface area contributed by atoms with Crippen LogP contribution in [0.25, 0.3) is 0 Å². The van der Waals surface area contributed by atoms with Gasteiger partial charge < -0.3 is 20.1 Å². The number of rotatable bonds is 5. The fourth-order valence-electron chi connectivity index (χ4n) is 4.09. The largest absolute Gasteiger partial charge is 0.483 e. The molecule has 5 nitrogen and oxygen atoms in total. The van der Waals surface area contributed by atoms with Crippen molar-refractivity contribution in [2.75, 3.05) is 39.4 Å². The minimum absolute atomic E-state index is 0.0380. The summed E-state index contributed by atoms with van der Waals surface area (Å²) >= 11 is 5.94. The molecule has 3 rings (SSSR count). The standard InChI is InChI=1S/C19H27ClN2O3/c1-13-8-16(20)2-3-18(13)25-12-19(24)22-6-4-14(5-7-22)17-10-21-9-15(17)11-23/h2-3,8,14-15,17,21,23H,4-7,9-12H2,1H3/t15-,17-/m0/s1. The number of piperidine rings is 1. The van der Waals surface area contributed by atoms with Crippen LogP contribution in [0.5, 0.6) is 5.75 Å². The van der Waals surface area contributed by atoms with E-state index < -0.39 is 0 Å². The summed E-state index contributed by atoms with van der Waals surface area (Å²) in [5.74, 6) is 2.24. The van der Waals surface area contributed by atoms with Gasteiger partial charge in [-0.3, -0.25) is 4.79 Å². The van der Waals surface area contributed by atoms with E-state index in [1.54, 1.807) is 12.1 Å². The monoisotopic (exact) mass is 366 g/mol. The predicted octanol–water partition coefficient (Wildman–Crippen LogP) is 2.09. The molecule has 0 saturated carbocycles. The minimum atomic E-state index is 0.0380. The number of halogens is 1. The van der Waals surface area contributed by atoms with Crippen molar-refractivity contribution >= 4 is 17.5 Å². The lowest BCUT2D eigenvalue weighted by atomic mass is 9.79. The van der Waals surface area contributed by atoms with Gasteiger partial charge in [0.2, 0.25) is 0 Å². The number of likely N-dealkylation sites (tertiary alicyclic amines) is 1. The Morgan fingerprint density at radius 1 is 1.36 bits per heavy atom. The Bertz CT molecular complexity index is 602. The van der Waals surface area contributed by atoms with Crippen molar-refractivity contribution in [1.29, 1.82) is 0 Å². The summed E-state index contributed by atoms with van der Waals surface area (Å²) in [6.07, 6.45) is 2.02. The van der Waals surface area contributed by atoms with E-state index in [4.69, 9.17) is 16.3 Å². The number of carbonyl (C=O) groups is 1. The second-order valence-corrected chi connectivity index (χ2v) is 7.62. The lowest BCUT2D eigenvalue weighted by Gasteiger charge is -2.36. The van der Waals surface area contributed by atoms with Crippen LogP contribution in [0.15, 0.2) is 18.2 Å². The van der Waals surface area contributed by atoms with Gasteiger partial charge >= 0.3 is 0 Å². The van der Waals surface area contributed by atoms with Gasteiger partial charge in [0, 0.05) is 31.3 Å². The van der Waals surface area contributed by atoms with E-state index >= 15 is 0 Å². The van der Waals surface area contributed by atoms with Crippen molar-refractivity contribution in [1.82, 2.24) is 10.2 Å². The Kier molecular flexibility index (Phi) is 6.20. The normalized spacial score (nSPS) is 24.5. The van der Waals surface area contributed by atoms with E-state index in [9.17, 15) is 9.90 Å². The molecule has 2 aliphatic rings. The fourth-order valence-corrected chi connectivity index (χ4v) is 4.31. The van der Waals surface area contributed by atoms with Gasteiger partial charge in [0.25, 0.3) is 5.91 Å². The molecule has 2 heterocycles. The summed E-state index contributed by atoms with van der Waals surface area (Å²) in [7, 11) is 0. The third-order valence-corrected chi connectivity index (χ3v) is 5.85. The molecule has 2 N–H and O–H groups in total. The van der Waals surface area contributed by atoms with Crippen LogP contribution in [0, 0.1) is 24.7 Å². The van der Waals surface area contributed by atoms with E-state index in [0.29, 0.717) is 28.5 Å². The quantitative estimate of drug-likeness (QED) is 0.837. The molecule has 1 amide bonds.